The van der Waals surface area contributed by atoms with Crippen LogP contribution in [0.25, 0.3) is 11.2 Å². The first-order chi connectivity index (χ1) is 10.1. The Bertz CT molecular complexity index is 848. The summed E-state index contributed by atoms with van der Waals surface area (Å²) < 4.78 is 7.00. The summed E-state index contributed by atoms with van der Waals surface area (Å²) in [7, 11) is 1.63. The summed E-state index contributed by atoms with van der Waals surface area (Å²) in [6, 6.07) is 7.69. The highest BCUT2D eigenvalue weighted by molar-refractivity contribution is 5.71. The zero-order chi connectivity index (χ0) is 15.0. The van der Waals surface area contributed by atoms with E-state index in [0.29, 0.717) is 23.5 Å². The van der Waals surface area contributed by atoms with Gasteiger partial charge < -0.3 is 15.0 Å². The number of hydrogen-bond acceptors (Lipinski definition) is 5. The normalized spacial score (nSPS) is 11.0. The van der Waals surface area contributed by atoms with Gasteiger partial charge in [0.25, 0.3) is 5.56 Å². The minimum absolute atomic E-state index is 0.0865. The first kappa shape index (κ1) is 13.2. The number of nitrogen functional groups attached to an aromatic ring is 1. The van der Waals surface area contributed by atoms with Crippen LogP contribution in [0, 0.1) is 6.92 Å². The number of hydrogen-bond donors (Lipinski definition) is 2. The van der Waals surface area contributed by atoms with Gasteiger partial charge in [0.05, 0.1) is 13.7 Å². The molecule has 0 amide bonds. The van der Waals surface area contributed by atoms with E-state index >= 15 is 0 Å². The summed E-state index contributed by atoms with van der Waals surface area (Å²) in [5.74, 6) is 1.59. The highest BCUT2D eigenvalue weighted by Gasteiger charge is 2.13. The van der Waals surface area contributed by atoms with E-state index < -0.39 is 0 Å². The van der Waals surface area contributed by atoms with Crippen LogP contribution < -0.4 is 16.0 Å². The van der Waals surface area contributed by atoms with Gasteiger partial charge >= 0.3 is 0 Å². The summed E-state index contributed by atoms with van der Waals surface area (Å²) in [6.45, 7) is 2.39. The summed E-state index contributed by atoms with van der Waals surface area (Å²) in [4.78, 5) is 22.7. The molecular formula is C14H15N5O2. The van der Waals surface area contributed by atoms with Crippen molar-refractivity contribution in [3.05, 3.63) is 46.0 Å². The largest absolute Gasteiger partial charge is 0.497 e. The lowest BCUT2D eigenvalue weighted by Gasteiger charge is -2.07. The van der Waals surface area contributed by atoms with Gasteiger partial charge in [-0.05, 0) is 24.6 Å². The second-order valence-corrected chi connectivity index (χ2v) is 4.72. The van der Waals surface area contributed by atoms with Crippen molar-refractivity contribution in [2.24, 2.45) is 0 Å². The third-order valence-electron chi connectivity index (χ3n) is 3.31. The summed E-state index contributed by atoms with van der Waals surface area (Å²) in [5.41, 5.74) is 7.13. The average molecular weight is 285 g/mol. The number of imidazole rings is 1. The fourth-order valence-electron chi connectivity index (χ4n) is 2.24. The van der Waals surface area contributed by atoms with Crippen LogP contribution >= 0.6 is 0 Å². The van der Waals surface area contributed by atoms with Crippen molar-refractivity contribution in [2.75, 3.05) is 12.8 Å². The van der Waals surface area contributed by atoms with Crippen molar-refractivity contribution in [2.45, 2.75) is 13.5 Å². The molecule has 0 atom stereocenters. The number of aromatic nitrogens is 4. The van der Waals surface area contributed by atoms with Gasteiger partial charge in [0.15, 0.2) is 11.2 Å². The molecule has 0 radical (unpaired) electrons. The Hall–Kier alpha value is -2.83. The molecule has 2 aromatic heterocycles. The summed E-state index contributed by atoms with van der Waals surface area (Å²) in [6.07, 6.45) is 0. The Kier molecular flexibility index (Phi) is 3.09. The van der Waals surface area contributed by atoms with E-state index in [-0.39, 0.29) is 11.5 Å². The SMILES string of the molecule is COc1ccc(Cn2c(C)nc3c(=O)[nH]c(N)nc32)cc1. The average Bonchev–Trinajstić information content (AvgIpc) is 2.77. The minimum Gasteiger partial charge on any atom is -0.497 e. The maximum absolute atomic E-state index is 11.8. The van der Waals surface area contributed by atoms with Gasteiger partial charge in [0.2, 0.25) is 5.95 Å². The number of aromatic amines is 1. The van der Waals surface area contributed by atoms with Crippen molar-refractivity contribution < 1.29 is 4.74 Å². The van der Waals surface area contributed by atoms with Gasteiger partial charge in [-0.1, -0.05) is 12.1 Å². The highest BCUT2D eigenvalue weighted by Crippen LogP contribution is 2.16. The molecule has 0 saturated heterocycles. The molecule has 21 heavy (non-hydrogen) atoms. The van der Waals surface area contributed by atoms with Gasteiger partial charge in [-0.2, -0.15) is 4.98 Å². The van der Waals surface area contributed by atoms with E-state index in [0.717, 1.165) is 11.3 Å². The van der Waals surface area contributed by atoms with Crippen LogP contribution in [0.5, 0.6) is 5.75 Å². The monoisotopic (exact) mass is 285 g/mol. The Morgan fingerprint density at radius 2 is 2.00 bits per heavy atom. The van der Waals surface area contributed by atoms with Crippen LogP contribution in [0.3, 0.4) is 0 Å². The number of nitrogens with two attached hydrogens (primary N) is 1. The van der Waals surface area contributed by atoms with E-state index in [1.807, 2.05) is 35.8 Å². The van der Waals surface area contributed by atoms with Gasteiger partial charge in [-0.3, -0.25) is 9.78 Å². The van der Waals surface area contributed by atoms with E-state index in [1.54, 1.807) is 7.11 Å². The van der Waals surface area contributed by atoms with Crippen molar-refractivity contribution in [3.63, 3.8) is 0 Å². The van der Waals surface area contributed by atoms with Gasteiger partial charge in [0.1, 0.15) is 11.6 Å². The second-order valence-electron chi connectivity index (χ2n) is 4.72. The number of aryl methyl sites for hydroxylation is 1. The first-order valence-electron chi connectivity index (χ1n) is 6.44. The van der Waals surface area contributed by atoms with Gasteiger partial charge in [0, 0.05) is 0 Å². The molecule has 3 N–H and O–H groups in total. The molecule has 0 fully saturated rings. The van der Waals surface area contributed by atoms with Crippen molar-refractivity contribution in [1.29, 1.82) is 0 Å². The standard InChI is InChI=1S/C14H15N5O2/c1-8-16-11-12(17-14(15)18-13(11)20)19(8)7-9-3-5-10(21-2)6-4-9/h3-6H,7H2,1-2H3,(H3,15,17,18,20). The molecule has 1 aromatic carbocycles. The van der Waals surface area contributed by atoms with Gasteiger partial charge in [-0.25, -0.2) is 4.98 Å². The van der Waals surface area contributed by atoms with Crippen molar-refractivity contribution >= 4 is 17.1 Å². The summed E-state index contributed by atoms with van der Waals surface area (Å²) in [5, 5.41) is 0. The van der Waals surface area contributed by atoms with Crippen molar-refractivity contribution in [1.82, 2.24) is 19.5 Å². The van der Waals surface area contributed by atoms with E-state index in [4.69, 9.17) is 10.5 Å². The van der Waals surface area contributed by atoms with Crippen LogP contribution in [0.4, 0.5) is 5.95 Å². The molecule has 0 unspecified atom stereocenters. The highest BCUT2D eigenvalue weighted by atomic mass is 16.5. The molecule has 0 saturated carbocycles. The third-order valence-corrected chi connectivity index (χ3v) is 3.31. The molecule has 7 nitrogen and oxygen atoms in total. The molecule has 0 aliphatic rings. The van der Waals surface area contributed by atoms with Crippen LogP contribution in [0.1, 0.15) is 11.4 Å². The maximum Gasteiger partial charge on any atom is 0.280 e. The second kappa shape index (κ2) is 4.93. The molecule has 7 heteroatoms. The smallest absolute Gasteiger partial charge is 0.280 e. The fourth-order valence-corrected chi connectivity index (χ4v) is 2.24. The molecule has 2 heterocycles. The van der Waals surface area contributed by atoms with Crippen LogP contribution in [-0.2, 0) is 6.54 Å². The number of fused-ring (bicyclic) bond motifs is 1. The summed E-state index contributed by atoms with van der Waals surface area (Å²) >= 11 is 0. The molecule has 0 aliphatic heterocycles. The topological polar surface area (TPSA) is 98.8 Å². The quantitative estimate of drug-likeness (QED) is 0.750. The maximum atomic E-state index is 11.8. The van der Waals surface area contributed by atoms with E-state index in [1.165, 1.54) is 0 Å². The lowest BCUT2D eigenvalue weighted by atomic mass is 10.2. The van der Waals surface area contributed by atoms with Crippen LogP contribution in [-0.4, -0.2) is 26.6 Å². The molecule has 0 bridgehead atoms. The van der Waals surface area contributed by atoms with Crippen LogP contribution in [0.15, 0.2) is 29.1 Å². The molecule has 3 rings (SSSR count). The molecule has 3 aromatic rings. The number of rotatable bonds is 3. The predicted molar refractivity (Wildman–Crippen MR) is 79.4 cm³/mol. The number of ether oxygens (including phenoxy) is 1. The third kappa shape index (κ3) is 2.33. The molecular weight excluding hydrogens is 270 g/mol. The molecule has 0 spiro atoms. The molecule has 108 valence electrons. The number of benzene rings is 1. The first-order valence-corrected chi connectivity index (χ1v) is 6.44. The Labute approximate surface area is 120 Å². The number of nitrogens with one attached hydrogen (secondary N) is 1. The lowest BCUT2D eigenvalue weighted by Crippen LogP contribution is -2.12. The van der Waals surface area contributed by atoms with E-state index in [9.17, 15) is 4.79 Å². The zero-order valence-corrected chi connectivity index (χ0v) is 11.8. The number of H-pyrrole nitrogens is 1. The number of nitrogens with zero attached hydrogens (tertiary/aromatic N) is 3. The number of anilines is 1. The van der Waals surface area contributed by atoms with E-state index in [2.05, 4.69) is 15.0 Å². The fraction of sp³-hybridized carbons (Fsp3) is 0.214. The molecule has 0 aliphatic carbocycles. The Morgan fingerprint density at radius 1 is 1.29 bits per heavy atom. The van der Waals surface area contributed by atoms with Crippen LogP contribution in [0.2, 0.25) is 0 Å². The van der Waals surface area contributed by atoms with Crippen molar-refractivity contribution in [3.8, 4) is 5.75 Å². The minimum atomic E-state index is -0.325. The lowest BCUT2D eigenvalue weighted by molar-refractivity contribution is 0.414. The Balaban J connectivity index is 2.07. The predicted octanol–water partition coefficient (Wildman–Crippen LogP) is 1.07. The Morgan fingerprint density at radius 3 is 2.67 bits per heavy atom. The number of methoxy groups -OCH3 is 1. The zero-order valence-electron chi connectivity index (χ0n) is 11.8. The van der Waals surface area contributed by atoms with Gasteiger partial charge in [-0.15, -0.1) is 0 Å².